The number of carboxylic acid groups (broad SMARTS) is 1. The van der Waals surface area contributed by atoms with Crippen LogP contribution in [-0.4, -0.2) is 27.1 Å². The minimum atomic E-state index is -0.891. The molecule has 1 heterocycles. The topological polar surface area (TPSA) is 75.1 Å². The Morgan fingerprint density at radius 2 is 2.15 bits per heavy atom. The molecule has 0 radical (unpaired) electrons. The van der Waals surface area contributed by atoms with E-state index in [0.717, 1.165) is 18.2 Å². The summed E-state index contributed by atoms with van der Waals surface area (Å²) < 4.78 is 0. The van der Waals surface area contributed by atoms with E-state index in [9.17, 15) is 9.90 Å². The molecule has 0 spiro atoms. The molecule has 0 amide bonds. The first-order chi connectivity index (χ1) is 9.61. The average molecular weight is 294 g/mol. The number of nitrogens with one attached hydrogen (secondary N) is 1. The lowest BCUT2D eigenvalue weighted by molar-refractivity contribution is -0.138. The number of para-hydroxylation sites is 1. The molecule has 2 aromatic rings. The third kappa shape index (κ3) is 3.36. The minimum Gasteiger partial charge on any atom is -0.480 e. The van der Waals surface area contributed by atoms with Gasteiger partial charge in [0.15, 0.2) is 0 Å². The monoisotopic (exact) mass is 293 g/mol. The van der Waals surface area contributed by atoms with Crippen molar-refractivity contribution in [2.24, 2.45) is 0 Å². The highest BCUT2D eigenvalue weighted by Crippen LogP contribution is 2.23. The molecular formula is C14H16ClN3O2. The molecule has 0 saturated heterocycles. The van der Waals surface area contributed by atoms with E-state index in [0.29, 0.717) is 17.8 Å². The van der Waals surface area contributed by atoms with Gasteiger partial charge in [-0.15, -0.1) is 0 Å². The molecule has 106 valence electrons. The van der Waals surface area contributed by atoms with Crippen molar-refractivity contribution in [3.05, 3.63) is 29.5 Å². The van der Waals surface area contributed by atoms with Gasteiger partial charge in [-0.2, -0.15) is 0 Å². The first kappa shape index (κ1) is 14.5. The summed E-state index contributed by atoms with van der Waals surface area (Å²) >= 11 is 5.88. The second-order valence-corrected chi connectivity index (χ2v) is 4.87. The summed E-state index contributed by atoms with van der Waals surface area (Å²) in [7, 11) is 0. The minimum absolute atomic E-state index is 0.103. The predicted octanol–water partition coefficient (Wildman–Crippen LogP) is 3.34. The zero-order chi connectivity index (χ0) is 14.5. The molecule has 0 aliphatic carbocycles. The maximum Gasteiger partial charge on any atom is 0.326 e. The van der Waals surface area contributed by atoms with Crippen LogP contribution in [0.15, 0.2) is 24.3 Å². The summed E-state index contributed by atoms with van der Waals surface area (Å²) in [6.07, 6.45) is 2.32. The molecule has 0 saturated carbocycles. The number of fused-ring (bicyclic) bond motifs is 1. The van der Waals surface area contributed by atoms with Crippen LogP contribution in [0.4, 0.5) is 5.82 Å². The molecule has 1 unspecified atom stereocenters. The molecule has 6 heteroatoms. The van der Waals surface area contributed by atoms with Gasteiger partial charge in [0, 0.05) is 5.39 Å². The zero-order valence-electron chi connectivity index (χ0n) is 11.1. The Hall–Kier alpha value is -1.88. The number of aliphatic carboxylic acids is 1. The number of unbranched alkanes of at least 4 members (excludes halogenated alkanes) is 1. The van der Waals surface area contributed by atoms with Crippen LogP contribution in [0, 0.1) is 0 Å². The van der Waals surface area contributed by atoms with E-state index < -0.39 is 12.0 Å². The number of carboxylic acids is 1. The maximum absolute atomic E-state index is 11.3. The SMILES string of the molecule is CCCCC(Nc1nc(Cl)nc2ccccc12)C(=O)O. The summed E-state index contributed by atoms with van der Waals surface area (Å²) in [5, 5.41) is 13.1. The molecule has 1 aromatic heterocycles. The lowest BCUT2D eigenvalue weighted by atomic mass is 10.1. The van der Waals surface area contributed by atoms with Gasteiger partial charge in [0.05, 0.1) is 5.52 Å². The molecule has 0 aliphatic rings. The highest BCUT2D eigenvalue weighted by molar-refractivity contribution is 6.28. The number of carbonyl (C=O) groups is 1. The van der Waals surface area contributed by atoms with Crippen LogP contribution < -0.4 is 5.32 Å². The number of rotatable bonds is 6. The van der Waals surface area contributed by atoms with E-state index in [2.05, 4.69) is 15.3 Å². The van der Waals surface area contributed by atoms with Crippen LogP contribution in [0.1, 0.15) is 26.2 Å². The van der Waals surface area contributed by atoms with Crippen molar-refractivity contribution >= 4 is 34.3 Å². The standard InChI is InChI=1S/C14H16ClN3O2/c1-2-3-7-11(13(19)20)16-12-9-6-4-5-8-10(9)17-14(15)18-12/h4-6,8,11H,2-3,7H2,1H3,(H,19,20)(H,16,17,18). The molecule has 1 aromatic carbocycles. The van der Waals surface area contributed by atoms with E-state index in [1.165, 1.54) is 0 Å². The van der Waals surface area contributed by atoms with Gasteiger partial charge in [-0.05, 0) is 30.2 Å². The average Bonchev–Trinajstić information content (AvgIpc) is 2.42. The Bertz CT molecular complexity index is 618. The normalized spacial score (nSPS) is 12.3. The number of anilines is 1. The Labute approximate surface area is 122 Å². The summed E-state index contributed by atoms with van der Waals surface area (Å²) in [6.45, 7) is 2.02. The summed E-state index contributed by atoms with van der Waals surface area (Å²) in [6, 6.07) is 6.68. The van der Waals surface area contributed by atoms with Gasteiger partial charge in [-0.3, -0.25) is 0 Å². The fraction of sp³-hybridized carbons (Fsp3) is 0.357. The number of halogens is 1. The smallest absolute Gasteiger partial charge is 0.326 e. The Morgan fingerprint density at radius 1 is 1.40 bits per heavy atom. The maximum atomic E-state index is 11.3. The van der Waals surface area contributed by atoms with Crippen molar-refractivity contribution in [1.82, 2.24) is 9.97 Å². The molecule has 0 bridgehead atoms. The van der Waals surface area contributed by atoms with E-state index in [-0.39, 0.29) is 5.28 Å². The van der Waals surface area contributed by atoms with Crippen LogP contribution >= 0.6 is 11.6 Å². The third-order valence-corrected chi connectivity index (χ3v) is 3.20. The van der Waals surface area contributed by atoms with Gasteiger partial charge in [-0.25, -0.2) is 14.8 Å². The highest BCUT2D eigenvalue weighted by Gasteiger charge is 2.18. The number of aromatic nitrogens is 2. The third-order valence-electron chi connectivity index (χ3n) is 3.03. The first-order valence-corrected chi connectivity index (χ1v) is 6.91. The fourth-order valence-electron chi connectivity index (χ4n) is 1.99. The summed E-state index contributed by atoms with van der Waals surface area (Å²) in [5.41, 5.74) is 0.689. The largest absolute Gasteiger partial charge is 0.480 e. The second kappa shape index (κ2) is 6.52. The van der Waals surface area contributed by atoms with Crippen molar-refractivity contribution in [3.63, 3.8) is 0 Å². The van der Waals surface area contributed by atoms with Crippen LogP contribution in [0.25, 0.3) is 10.9 Å². The number of nitrogens with zero attached hydrogens (tertiary/aromatic N) is 2. The Morgan fingerprint density at radius 3 is 2.85 bits per heavy atom. The Balaban J connectivity index is 2.33. The number of benzene rings is 1. The van der Waals surface area contributed by atoms with Gasteiger partial charge in [0.1, 0.15) is 11.9 Å². The van der Waals surface area contributed by atoms with Gasteiger partial charge in [0.2, 0.25) is 5.28 Å². The quantitative estimate of drug-likeness (QED) is 0.799. The van der Waals surface area contributed by atoms with E-state index in [4.69, 9.17) is 11.6 Å². The Kier molecular flexibility index (Phi) is 4.74. The second-order valence-electron chi connectivity index (χ2n) is 4.54. The number of hydrogen-bond acceptors (Lipinski definition) is 4. The van der Waals surface area contributed by atoms with Gasteiger partial charge in [0.25, 0.3) is 0 Å². The molecule has 0 aliphatic heterocycles. The highest BCUT2D eigenvalue weighted by atomic mass is 35.5. The van der Waals surface area contributed by atoms with Crippen molar-refractivity contribution in [3.8, 4) is 0 Å². The number of hydrogen-bond donors (Lipinski definition) is 2. The van der Waals surface area contributed by atoms with Crippen molar-refractivity contribution in [1.29, 1.82) is 0 Å². The molecule has 1 atom stereocenters. The van der Waals surface area contributed by atoms with E-state index in [1.807, 2.05) is 31.2 Å². The van der Waals surface area contributed by atoms with E-state index >= 15 is 0 Å². The van der Waals surface area contributed by atoms with Gasteiger partial charge >= 0.3 is 5.97 Å². The van der Waals surface area contributed by atoms with Crippen molar-refractivity contribution in [2.75, 3.05) is 5.32 Å². The molecular weight excluding hydrogens is 278 g/mol. The van der Waals surface area contributed by atoms with Gasteiger partial charge < -0.3 is 10.4 Å². The van der Waals surface area contributed by atoms with Crippen LogP contribution in [-0.2, 0) is 4.79 Å². The predicted molar refractivity (Wildman–Crippen MR) is 79.1 cm³/mol. The summed E-state index contributed by atoms with van der Waals surface area (Å²) in [4.78, 5) is 19.5. The van der Waals surface area contributed by atoms with Crippen molar-refractivity contribution < 1.29 is 9.90 Å². The molecule has 20 heavy (non-hydrogen) atoms. The van der Waals surface area contributed by atoms with Crippen molar-refractivity contribution in [2.45, 2.75) is 32.2 Å². The van der Waals surface area contributed by atoms with Crippen LogP contribution in [0.3, 0.4) is 0 Å². The first-order valence-electron chi connectivity index (χ1n) is 6.53. The molecule has 0 fully saturated rings. The van der Waals surface area contributed by atoms with Gasteiger partial charge in [-0.1, -0.05) is 31.9 Å². The summed E-state index contributed by atoms with van der Waals surface area (Å²) in [5.74, 6) is -0.429. The molecule has 2 N–H and O–H groups in total. The molecule has 2 rings (SSSR count). The van der Waals surface area contributed by atoms with E-state index in [1.54, 1.807) is 0 Å². The van der Waals surface area contributed by atoms with Crippen LogP contribution in [0.5, 0.6) is 0 Å². The molecule has 5 nitrogen and oxygen atoms in total. The van der Waals surface area contributed by atoms with Crippen LogP contribution in [0.2, 0.25) is 5.28 Å². The zero-order valence-corrected chi connectivity index (χ0v) is 11.9. The lowest BCUT2D eigenvalue weighted by Gasteiger charge is -2.16. The fourth-order valence-corrected chi connectivity index (χ4v) is 2.16. The lowest BCUT2D eigenvalue weighted by Crippen LogP contribution is -2.29.